The van der Waals surface area contributed by atoms with Gasteiger partial charge in [-0.05, 0) is 26.3 Å². The number of nitrogens with one attached hydrogen (secondary N) is 1. The van der Waals surface area contributed by atoms with Gasteiger partial charge in [0.25, 0.3) is 0 Å². The van der Waals surface area contributed by atoms with Crippen LogP contribution in [0.4, 0.5) is 0 Å². The maximum Gasteiger partial charge on any atom is 0.0835 e. The Labute approximate surface area is 101 Å². The second kappa shape index (κ2) is 5.17. The van der Waals surface area contributed by atoms with Crippen LogP contribution in [0.3, 0.4) is 0 Å². The van der Waals surface area contributed by atoms with Crippen molar-refractivity contribution in [1.82, 2.24) is 15.1 Å². The molecule has 0 radical (unpaired) electrons. The van der Waals surface area contributed by atoms with E-state index in [0.717, 1.165) is 25.1 Å². The minimum Gasteiger partial charge on any atom is -0.376 e. The van der Waals surface area contributed by atoms with E-state index in [9.17, 15) is 0 Å². The highest BCUT2D eigenvalue weighted by Gasteiger charge is 2.28. The third kappa shape index (κ3) is 2.24. The number of hydrogen-bond acceptors (Lipinski definition) is 3. The van der Waals surface area contributed by atoms with E-state index >= 15 is 0 Å². The lowest BCUT2D eigenvalue weighted by atomic mass is 9.99. The summed E-state index contributed by atoms with van der Waals surface area (Å²) in [7, 11) is 3.85. The molecule has 1 saturated heterocycles. The van der Waals surface area contributed by atoms with Gasteiger partial charge < -0.3 is 10.1 Å². The van der Waals surface area contributed by atoms with Gasteiger partial charge >= 0.3 is 0 Å². The van der Waals surface area contributed by atoms with E-state index in [4.69, 9.17) is 16.3 Å². The standard InChI is InChI=1S/C11H18ClN3O/c1-13-10(9-5-3-4-6-16-9)11-8(12)7-14-15(11)2/h7,9-10,13H,3-6H2,1-2H3. The zero-order chi connectivity index (χ0) is 11.5. The minimum absolute atomic E-state index is 0.125. The van der Waals surface area contributed by atoms with Crippen LogP contribution < -0.4 is 5.32 Å². The summed E-state index contributed by atoms with van der Waals surface area (Å²) in [5.74, 6) is 0. The first-order valence-corrected chi connectivity index (χ1v) is 6.08. The Morgan fingerprint density at radius 1 is 1.62 bits per heavy atom. The highest BCUT2D eigenvalue weighted by Crippen LogP contribution is 2.30. The van der Waals surface area contributed by atoms with Crippen LogP contribution >= 0.6 is 11.6 Å². The fourth-order valence-corrected chi connectivity index (χ4v) is 2.58. The lowest BCUT2D eigenvalue weighted by Gasteiger charge is -2.30. The minimum atomic E-state index is 0.125. The average Bonchev–Trinajstić information content (AvgIpc) is 2.63. The summed E-state index contributed by atoms with van der Waals surface area (Å²) in [5, 5.41) is 8.16. The number of aryl methyl sites for hydroxylation is 1. The molecule has 4 nitrogen and oxygen atoms in total. The summed E-state index contributed by atoms with van der Waals surface area (Å²) in [4.78, 5) is 0. The zero-order valence-electron chi connectivity index (χ0n) is 9.74. The molecule has 1 N–H and O–H groups in total. The van der Waals surface area contributed by atoms with Gasteiger partial charge in [-0.25, -0.2) is 0 Å². The van der Waals surface area contributed by atoms with Crippen molar-refractivity contribution in [3.05, 3.63) is 16.9 Å². The van der Waals surface area contributed by atoms with E-state index in [0.29, 0.717) is 5.02 Å². The lowest BCUT2D eigenvalue weighted by molar-refractivity contribution is -0.00820. The largest absolute Gasteiger partial charge is 0.376 e. The van der Waals surface area contributed by atoms with Crippen molar-refractivity contribution < 1.29 is 4.74 Å². The molecule has 0 aromatic carbocycles. The third-order valence-electron chi connectivity index (χ3n) is 3.13. The molecule has 1 aliphatic rings. The highest BCUT2D eigenvalue weighted by atomic mass is 35.5. The number of likely N-dealkylation sites (N-methyl/N-ethyl adjacent to an activating group) is 1. The molecule has 2 atom stereocenters. The van der Waals surface area contributed by atoms with Gasteiger partial charge in [0.15, 0.2) is 0 Å². The van der Waals surface area contributed by atoms with Gasteiger partial charge in [-0.2, -0.15) is 5.10 Å². The normalized spacial score (nSPS) is 23.3. The molecule has 5 heteroatoms. The van der Waals surface area contributed by atoms with E-state index < -0.39 is 0 Å². The molecule has 90 valence electrons. The molecular formula is C11H18ClN3O. The van der Waals surface area contributed by atoms with E-state index in [2.05, 4.69) is 10.4 Å². The summed E-state index contributed by atoms with van der Waals surface area (Å²) in [6, 6.07) is 0.125. The zero-order valence-corrected chi connectivity index (χ0v) is 10.5. The van der Waals surface area contributed by atoms with Gasteiger partial charge in [-0.15, -0.1) is 0 Å². The monoisotopic (exact) mass is 243 g/mol. The summed E-state index contributed by atoms with van der Waals surface area (Å²) in [5.41, 5.74) is 1.01. The van der Waals surface area contributed by atoms with Crippen LogP contribution in [0.2, 0.25) is 5.02 Å². The predicted octanol–water partition coefficient (Wildman–Crippen LogP) is 1.90. The smallest absolute Gasteiger partial charge is 0.0835 e. The van der Waals surface area contributed by atoms with Gasteiger partial charge in [0.1, 0.15) is 0 Å². The van der Waals surface area contributed by atoms with Crippen molar-refractivity contribution in [3.63, 3.8) is 0 Å². The Bertz CT molecular complexity index is 327. The van der Waals surface area contributed by atoms with Crippen molar-refractivity contribution >= 4 is 11.6 Å². The molecular weight excluding hydrogens is 226 g/mol. The Balaban J connectivity index is 2.21. The van der Waals surface area contributed by atoms with Crippen molar-refractivity contribution in [3.8, 4) is 0 Å². The number of nitrogens with zero attached hydrogens (tertiary/aromatic N) is 2. The number of aromatic nitrogens is 2. The topological polar surface area (TPSA) is 39.1 Å². The molecule has 2 rings (SSSR count). The van der Waals surface area contributed by atoms with E-state index in [1.165, 1.54) is 6.42 Å². The summed E-state index contributed by atoms with van der Waals surface area (Å²) >= 11 is 6.16. The maximum atomic E-state index is 6.16. The summed E-state index contributed by atoms with van der Waals surface area (Å²) in [6.45, 7) is 0.846. The number of rotatable bonds is 3. The number of hydrogen-bond donors (Lipinski definition) is 1. The summed E-state index contributed by atoms with van der Waals surface area (Å²) in [6.07, 6.45) is 5.34. The molecule has 1 aromatic rings. The van der Waals surface area contributed by atoms with Crippen LogP contribution in [-0.2, 0) is 11.8 Å². The first-order chi connectivity index (χ1) is 7.74. The molecule has 0 bridgehead atoms. The van der Waals surface area contributed by atoms with Crippen LogP contribution in [0.15, 0.2) is 6.20 Å². The van der Waals surface area contributed by atoms with Crippen molar-refractivity contribution in [2.45, 2.75) is 31.4 Å². The Morgan fingerprint density at radius 2 is 2.44 bits per heavy atom. The van der Waals surface area contributed by atoms with Crippen LogP contribution in [0.1, 0.15) is 31.0 Å². The van der Waals surface area contributed by atoms with E-state index in [1.54, 1.807) is 6.20 Å². The summed E-state index contributed by atoms with van der Waals surface area (Å²) < 4.78 is 7.62. The van der Waals surface area contributed by atoms with E-state index in [1.807, 2.05) is 18.8 Å². The van der Waals surface area contributed by atoms with Gasteiger partial charge in [0.2, 0.25) is 0 Å². The number of halogens is 1. The molecule has 2 unspecified atom stereocenters. The Kier molecular flexibility index (Phi) is 3.84. The van der Waals surface area contributed by atoms with Gasteiger partial charge in [0, 0.05) is 13.7 Å². The van der Waals surface area contributed by atoms with Crippen molar-refractivity contribution in [2.75, 3.05) is 13.7 Å². The second-order valence-corrected chi connectivity index (χ2v) is 4.58. The Morgan fingerprint density at radius 3 is 2.94 bits per heavy atom. The fourth-order valence-electron chi connectivity index (χ4n) is 2.30. The lowest BCUT2D eigenvalue weighted by Crippen LogP contribution is -2.35. The molecule has 2 heterocycles. The first-order valence-electron chi connectivity index (χ1n) is 5.70. The molecule has 0 aliphatic carbocycles. The van der Waals surface area contributed by atoms with Crippen molar-refractivity contribution in [2.24, 2.45) is 7.05 Å². The van der Waals surface area contributed by atoms with Crippen LogP contribution in [0.25, 0.3) is 0 Å². The Hall–Kier alpha value is -0.580. The molecule has 16 heavy (non-hydrogen) atoms. The molecule has 1 aromatic heterocycles. The van der Waals surface area contributed by atoms with Crippen LogP contribution in [0.5, 0.6) is 0 Å². The van der Waals surface area contributed by atoms with Gasteiger partial charge in [-0.1, -0.05) is 11.6 Å². The fraction of sp³-hybridized carbons (Fsp3) is 0.727. The highest BCUT2D eigenvalue weighted by molar-refractivity contribution is 6.31. The average molecular weight is 244 g/mol. The quantitative estimate of drug-likeness (QED) is 0.882. The van der Waals surface area contributed by atoms with Crippen molar-refractivity contribution in [1.29, 1.82) is 0 Å². The first kappa shape index (κ1) is 11.9. The molecule has 0 saturated carbocycles. The third-order valence-corrected chi connectivity index (χ3v) is 3.42. The van der Waals surface area contributed by atoms with Crippen LogP contribution in [-0.4, -0.2) is 29.5 Å². The molecule has 1 aliphatic heterocycles. The predicted molar refractivity (Wildman–Crippen MR) is 63.6 cm³/mol. The van der Waals surface area contributed by atoms with Gasteiger partial charge in [0.05, 0.1) is 29.1 Å². The van der Waals surface area contributed by atoms with Gasteiger partial charge in [-0.3, -0.25) is 4.68 Å². The second-order valence-electron chi connectivity index (χ2n) is 4.17. The SMILES string of the molecule is CNC(c1c(Cl)cnn1C)C1CCCCO1. The molecule has 0 spiro atoms. The molecule has 0 amide bonds. The maximum absolute atomic E-state index is 6.16. The molecule has 1 fully saturated rings. The van der Waals surface area contributed by atoms with Crippen LogP contribution in [0, 0.1) is 0 Å². The van der Waals surface area contributed by atoms with E-state index in [-0.39, 0.29) is 12.1 Å². The number of ether oxygens (including phenoxy) is 1.